The largest absolute Gasteiger partial charge is 0.497 e. The summed E-state index contributed by atoms with van der Waals surface area (Å²) < 4.78 is 12.3. The van der Waals surface area contributed by atoms with Crippen LogP contribution in [0.15, 0.2) is 54.7 Å². The highest BCUT2D eigenvalue weighted by molar-refractivity contribution is 5.99. The van der Waals surface area contributed by atoms with E-state index in [4.69, 9.17) is 15.2 Å². The van der Waals surface area contributed by atoms with Gasteiger partial charge >= 0.3 is 5.97 Å². The highest BCUT2D eigenvalue weighted by Gasteiger charge is 2.32. The Hall–Kier alpha value is -4.05. The number of aryl methyl sites for hydroxylation is 1. The van der Waals surface area contributed by atoms with Crippen molar-refractivity contribution >= 4 is 11.9 Å². The van der Waals surface area contributed by atoms with Gasteiger partial charge in [-0.05, 0) is 60.9 Å². The summed E-state index contributed by atoms with van der Waals surface area (Å²) >= 11 is 0. The van der Waals surface area contributed by atoms with Gasteiger partial charge in [0.15, 0.2) is 5.92 Å². The van der Waals surface area contributed by atoms with Gasteiger partial charge in [0.1, 0.15) is 5.75 Å². The Morgan fingerprint density at radius 2 is 1.75 bits per heavy atom. The lowest BCUT2D eigenvalue weighted by atomic mass is 9.93. The van der Waals surface area contributed by atoms with E-state index in [0.717, 1.165) is 17.7 Å². The number of rotatable bonds is 8. The second-order valence-corrected chi connectivity index (χ2v) is 7.11. The van der Waals surface area contributed by atoms with Gasteiger partial charge in [0, 0.05) is 17.4 Å². The minimum atomic E-state index is -1.33. The topological polar surface area (TPSA) is 107 Å². The first kappa shape index (κ1) is 22.6. The zero-order valence-electron chi connectivity index (χ0n) is 18.3. The fraction of sp³-hybridized carbons (Fsp3) is 0.240. The Morgan fingerprint density at radius 3 is 2.25 bits per heavy atom. The highest BCUT2D eigenvalue weighted by Crippen LogP contribution is 2.37. The molecule has 7 heteroatoms. The predicted molar refractivity (Wildman–Crippen MR) is 121 cm³/mol. The molecule has 0 fully saturated rings. The lowest BCUT2D eigenvalue weighted by Crippen LogP contribution is -2.22. The van der Waals surface area contributed by atoms with Gasteiger partial charge < -0.3 is 19.8 Å². The molecule has 0 aliphatic rings. The average Bonchev–Trinajstić information content (AvgIpc) is 3.20. The van der Waals surface area contributed by atoms with Crippen LogP contribution in [0.4, 0.5) is 0 Å². The number of carbonyl (C=O) groups is 2. The van der Waals surface area contributed by atoms with E-state index in [1.807, 2.05) is 30.3 Å². The first-order valence-corrected chi connectivity index (χ1v) is 10.3. The molecular formula is C25H25N3O4. The molecule has 1 atom stereocenters. The number of nitrogens with zero attached hydrogens (tertiary/aromatic N) is 2. The molecule has 1 heterocycles. The third-order valence-corrected chi connectivity index (χ3v) is 5.23. The fourth-order valence-electron chi connectivity index (χ4n) is 3.59. The smallest absolute Gasteiger partial charge is 0.340 e. The van der Waals surface area contributed by atoms with Gasteiger partial charge in [-0.2, -0.15) is 5.26 Å². The number of aromatic nitrogens is 1. The van der Waals surface area contributed by atoms with Crippen LogP contribution < -0.4 is 10.5 Å². The molecule has 164 valence electrons. The summed E-state index contributed by atoms with van der Waals surface area (Å²) in [6.45, 7) is 3.91. The van der Waals surface area contributed by atoms with Gasteiger partial charge in [0.05, 0.1) is 31.0 Å². The summed E-state index contributed by atoms with van der Waals surface area (Å²) in [4.78, 5) is 25.0. The van der Waals surface area contributed by atoms with E-state index >= 15 is 0 Å². The Morgan fingerprint density at radius 1 is 1.09 bits per heavy atom. The molecule has 0 aliphatic carbocycles. The summed E-state index contributed by atoms with van der Waals surface area (Å²) in [5, 5.41) is 9.76. The second-order valence-electron chi connectivity index (χ2n) is 7.11. The monoisotopic (exact) mass is 431 g/mol. The number of hydrogen-bond donors (Lipinski definition) is 1. The fourth-order valence-corrected chi connectivity index (χ4v) is 3.59. The maximum Gasteiger partial charge on any atom is 0.340 e. The van der Waals surface area contributed by atoms with Crippen LogP contribution in [0.1, 0.15) is 41.3 Å². The van der Waals surface area contributed by atoms with Crippen molar-refractivity contribution in [2.24, 2.45) is 5.73 Å². The molecule has 32 heavy (non-hydrogen) atoms. The zero-order valence-corrected chi connectivity index (χ0v) is 18.3. The number of amides is 1. The summed E-state index contributed by atoms with van der Waals surface area (Å²) in [5.41, 5.74) is 9.05. The molecule has 0 bridgehead atoms. The first-order chi connectivity index (χ1) is 15.4. The minimum absolute atomic E-state index is 0.127. The van der Waals surface area contributed by atoms with Gasteiger partial charge in [-0.25, -0.2) is 4.79 Å². The summed E-state index contributed by atoms with van der Waals surface area (Å²) in [5.74, 6) is -2.14. The van der Waals surface area contributed by atoms with E-state index in [9.17, 15) is 14.9 Å². The van der Waals surface area contributed by atoms with Crippen LogP contribution in [0.25, 0.3) is 16.9 Å². The molecule has 2 N–H and O–H groups in total. The zero-order chi connectivity index (χ0) is 23.3. The van der Waals surface area contributed by atoms with Crippen LogP contribution >= 0.6 is 0 Å². The molecule has 0 saturated carbocycles. The van der Waals surface area contributed by atoms with Crippen molar-refractivity contribution < 1.29 is 19.1 Å². The molecule has 2 aromatic carbocycles. The first-order valence-electron chi connectivity index (χ1n) is 10.3. The molecule has 0 radical (unpaired) electrons. The third-order valence-electron chi connectivity index (χ3n) is 5.23. The molecule has 0 spiro atoms. The predicted octanol–water partition coefficient (Wildman–Crippen LogP) is 3.98. The molecule has 3 aromatic rings. The van der Waals surface area contributed by atoms with E-state index in [1.54, 1.807) is 49.1 Å². The van der Waals surface area contributed by atoms with E-state index in [2.05, 4.69) is 6.92 Å². The van der Waals surface area contributed by atoms with Crippen molar-refractivity contribution in [2.75, 3.05) is 13.7 Å². The maximum atomic E-state index is 12.8. The average molecular weight is 431 g/mol. The van der Waals surface area contributed by atoms with Crippen molar-refractivity contribution in [3.05, 3.63) is 71.4 Å². The molecule has 7 nitrogen and oxygen atoms in total. The highest BCUT2D eigenvalue weighted by atomic mass is 16.5. The van der Waals surface area contributed by atoms with Crippen molar-refractivity contribution in [3.8, 4) is 28.8 Å². The van der Waals surface area contributed by atoms with Crippen LogP contribution in [0.2, 0.25) is 0 Å². The maximum absolute atomic E-state index is 12.8. The summed E-state index contributed by atoms with van der Waals surface area (Å²) in [6.07, 6.45) is 2.48. The third kappa shape index (κ3) is 4.35. The summed E-state index contributed by atoms with van der Waals surface area (Å²) in [6, 6.07) is 16.9. The number of esters is 1. The number of ether oxygens (including phenoxy) is 2. The molecule has 1 aromatic heterocycles. The number of nitrogens with two attached hydrogens (primary N) is 1. The Labute approximate surface area is 187 Å². The number of carbonyl (C=O) groups excluding carboxylic acids is 2. The quantitative estimate of drug-likeness (QED) is 0.543. The van der Waals surface area contributed by atoms with Gasteiger partial charge in [0.25, 0.3) is 0 Å². The standard InChI is InChI=1S/C25H25N3O4/c1-4-16-6-10-18(11-7-16)28-15-21(25(30)32-5-2)22(20(14-26)24(27)29)23(28)17-8-12-19(31-3)13-9-17/h6-13,15,20H,4-5H2,1-3H3,(H2,27,29). The van der Waals surface area contributed by atoms with E-state index in [-0.39, 0.29) is 17.7 Å². The van der Waals surface area contributed by atoms with Crippen LogP contribution in [0, 0.1) is 11.3 Å². The van der Waals surface area contributed by atoms with Crippen molar-refractivity contribution in [3.63, 3.8) is 0 Å². The van der Waals surface area contributed by atoms with E-state index in [0.29, 0.717) is 17.0 Å². The van der Waals surface area contributed by atoms with Gasteiger partial charge in [-0.15, -0.1) is 0 Å². The van der Waals surface area contributed by atoms with Gasteiger partial charge in [-0.3, -0.25) is 4.79 Å². The minimum Gasteiger partial charge on any atom is -0.497 e. The number of nitriles is 1. The lowest BCUT2D eigenvalue weighted by Gasteiger charge is -2.15. The molecule has 0 aliphatic heterocycles. The number of hydrogen-bond acceptors (Lipinski definition) is 5. The Bertz CT molecular complexity index is 1160. The molecule has 1 unspecified atom stereocenters. The van der Waals surface area contributed by atoms with Crippen LogP contribution in [0.3, 0.4) is 0 Å². The SMILES string of the molecule is CCOC(=O)c1cn(-c2ccc(CC)cc2)c(-c2ccc(OC)cc2)c1C(C#N)C(N)=O. The van der Waals surface area contributed by atoms with E-state index in [1.165, 1.54) is 0 Å². The van der Waals surface area contributed by atoms with Crippen LogP contribution in [-0.2, 0) is 16.0 Å². The van der Waals surface area contributed by atoms with Gasteiger partial charge in [-0.1, -0.05) is 19.1 Å². The Kier molecular flexibility index (Phi) is 6.96. The van der Waals surface area contributed by atoms with Crippen LogP contribution in [-0.4, -0.2) is 30.2 Å². The number of primary amides is 1. The van der Waals surface area contributed by atoms with Crippen molar-refractivity contribution in [2.45, 2.75) is 26.2 Å². The Balaban J connectivity index is 2.36. The number of benzene rings is 2. The van der Waals surface area contributed by atoms with E-state index < -0.39 is 17.8 Å². The molecular weight excluding hydrogens is 406 g/mol. The summed E-state index contributed by atoms with van der Waals surface area (Å²) in [7, 11) is 1.57. The normalized spacial score (nSPS) is 11.4. The van der Waals surface area contributed by atoms with Crippen LogP contribution in [0.5, 0.6) is 5.75 Å². The molecule has 3 rings (SSSR count). The lowest BCUT2D eigenvalue weighted by molar-refractivity contribution is -0.118. The van der Waals surface area contributed by atoms with Gasteiger partial charge in [0.2, 0.25) is 5.91 Å². The molecule has 1 amide bonds. The second kappa shape index (κ2) is 9.84. The van der Waals surface area contributed by atoms with Crippen molar-refractivity contribution in [1.29, 1.82) is 5.26 Å². The van der Waals surface area contributed by atoms with Crippen molar-refractivity contribution in [1.82, 2.24) is 4.57 Å². The number of methoxy groups -OCH3 is 1. The molecule has 0 saturated heterocycles.